The summed E-state index contributed by atoms with van der Waals surface area (Å²) in [7, 11) is 0. The zero-order chi connectivity index (χ0) is 15.7. The molecule has 1 rings (SSSR count). The molecule has 0 amide bonds. The highest BCUT2D eigenvalue weighted by atomic mass is 19.4. The van der Waals surface area contributed by atoms with Gasteiger partial charge in [0.05, 0.1) is 0 Å². The molecule has 0 saturated carbocycles. The van der Waals surface area contributed by atoms with E-state index >= 15 is 0 Å². The lowest BCUT2D eigenvalue weighted by atomic mass is 10.0. The van der Waals surface area contributed by atoms with E-state index in [1.807, 2.05) is 0 Å². The summed E-state index contributed by atoms with van der Waals surface area (Å²) in [5.41, 5.74) is 0.940. The number of nitrogens with one attached hydrogen (secondary N) is 1. The average molecular weight is 299 g/mol. The molecule has 1 unspecified atom stereocenters. The van der Waals surface area contributed by atoms with Gasteiger partial charge in [0.1, 0.15) is 5.75 Å². The molecule has 0 spiro atoms. The second-order valence-corrected chi connectivity index (χ2v) is 4.72. The van der Waals surface area contributed by atoms with Crippen LogP contribution < -0.4 is 10.1 Å². The van der Waals surface area contributed by atoms with Crippen LogP contribution in [-0.4, -0.2) is 12.9 Å². The van der Waals surface area contributed by atoms with E-state index in [2.05, 4.69) is 22.9 Å². The number of hydrogen-bond acceptors (Lipinski definition) is 2. The van der Waals surface area contributed by atoms with E-state index in [1.54, 1.807) is 12.1 Å². The summed E-state index contributed by atoms with van der Waals surface area (Å²) >= 11 is 0. The van der Waals surface area contributed by atoms with Crippen LogP contribution in [0.4, 0.5) is 13.2 Å². The van der Waals surface area contributed by atoms with Gasteiger partial charge in [-0.2, -0.15) is 0 Å². The fourth-order valence-corrected chi connectivity index (χ4v) is 2.02. The van der Waals surface area contributed by atoms with Crippen LogP contribution in [0.1, 0.15) is 44.2 Å². The van der Waals surface area contributed by atoms with Gasteiger partial charge in [-0.1, -0.05) is 19.1 Å². The fraction of sp³-hybridized carbons (Fsp3) is 0.500. The van der Waals surface area contributed by atoms with Crippen molar-refractivity contribution in [3.8, 4) is 18.1 Å². The Morgan fingerprint density at radius 1 is 1.29 bits per heavy atom. The molecule has 0 aromatic heterocycles. The molecule has 0 heterocycles. The highest BCUT2D eigenvalue weighted by Gasteiger charge is 2.31. The highest BCUT2D eigenvalue weighted by Crippen LogP contribution is 2.26. The molecule has 0 aliphatic carbocycles. The molecule has 1 aromatic carbocycles. The SMILES string of the molecule is C#CCCCC(NCCC)c1ccc(OC(F)(F)F)cc1. The average Bonchev–Trinajstić information content (AvgIpc) is 2.42. The van der Waals surface area contributed by atoms with Crippen molar-refractivity contribution < 1.29 is 17.9 Å². The third-order valence-corrected chi connectivity index (χ3v) is 2.97. The first-order valence-corrected chi connectivity index (χ1v) is 6.99. The first kappa shape index (κ1) is 17.4. The Balaban J connectivity index is 2.70. The predicted molar refractivity (Wildman–Crippen MR) is 76.8 cm³/mol. The molecule has 116 valence electrons. The summed E-state index contributed by atoms with van der Waals surface area (Å²) in [6.45, 7) is 2.91. The minimum atomic E-state index is -4.66. The van der Waals surface area contributed by atoms with Crippen molar-refractivity contribution in [1.29, 1.82) is 0 Å². The van der Waals surface area contributed by atoms with Crippen molar-refractivity contribution in [1.82, 2.24) is 5.32 Å². The maximum Gasteiger partial charge on any atom is 0.573 e. The molecule has 0 aliphatic heterocycles. The molecule has 0 aliphatic rings. The fourth-order valence-electron chi connectivity index (χ4n) is 2.02. The quantitative estimate of drug-likeness (QED) is 0.566. The van der Waals surface area contributed by atoms with E-state index in [1.165, 1.54) is 12.1 Å². The lowest BCUT2D eigenvalue weighted by Crippen LogP contribution is -2.22. The van der Waals surface area contributed by atoms with E-state index in [0.29, 0.717) is 6.42 Å². The predicted octanol–water partition coefficient (Wildman–Crippen LogP) is 4.43. The number of ether oxygens (including phenoxy) is 1. The van der Waals surface area contributed by atoms with Crippen LogP contribution in [0.5, 0.6) is 5.75 Å². The monoisotopic (exact) mass is 299 g/mol. The van der Waals surface area contributed by atoms with Crippen molar-refractivity contribution >= 4 is 0 Å². The third kappa shape index (κ3) is 7.05. The third-order valence-electron chi connectivity index (χ3n) is 2.97. The van der Waals surface area contributed by atoms with Gasteiger partial charge in [0.25, 0.3) is 0 Å². The van der Waals surface area contributed by atoms with Crippen molar-refractivity contribution in [3.05, 3.63) is 29.8 Å². The smallest absolute Gasteiger partial charge is 0.406 e. The zero-order valence-electron chi connectivity index (χ0n) is 12.0. The van der Waals surface area contributed by atoms with Gasteiger partial charge in [0, 0.05) is 12.5 Å². The molecule has 0 fully saturated rings. The first-order chi connectivity index (χ1) is 9.96. The standard InChI is InChI=1S/C16H20F3NO/c1-3-5-6-7-15(20-12-4-2)13-8-10-14(11-9-13)21-16(17,18)19/h1,8-11,15,20H,4-7,12H2,2H3. The summed E-state index contributed by atoms with van der Waals surface area (Å²) in [5, 5.41) is 3.38. The maximum atomic E-state index is 12.1. The van der Waals surface area contributed by atoms with Gasteiger partial charge in [-0.3, -0.25) is 0 Å². The number of unbranched alkanes of at least 4 members (excludes halogenated alkanes) is 1. The number of hydrogen-bond donors (Lipinski definition) is 1. The Hall–Kier alpha value is -1.67. The van der Waals surface area contributed by atoms with Crippen molar-refractivity contribution in [3.63, 3.8) is 0 Å². The summed E-state index contributed by atoms with van der Waals surface area (Å²) in [4.78, 5) is 0. The molecule has 1 atom stereocenters. The number of rotatable bonds is 8. The Labute approximate surface area is 123 Å². The molecule has 1 N–H and O–H groups in total. The minimum absolute atomic E-state index is 0.0956. The van der Waals surface area contributed by atoms with E-state index in [9.17, 15) is 13.2 Å². The lowest BCUT2D eigenvalue weighted by Gasteiger charge is -2.19. The summed E-state index contributed by atoms with van der Waals surface area (Å²) in [6, 6.07) is 6.09. The topological polar surface area (TPSA) is 21.3 Å². The van der Waals surface area contributed by atoms with Crippen LogP contribution in [0, 0.1) is 12.3 Å². The van der Waals surface area contributed by atoms with Crippen LogP contribution in [0.3, 0.4) is 0 Å². The summed E-state index contributed by atoms with van der Waals surface area (Å²) in [5.74, 6) is 2.39. The molecule has 2 nitrogen and oxygen atoms in total. The van der Waals surface area contributed by atoms with Crippen LogP contribution in [0.15, 0.2) is 24.3 Å². The first-order valence-electron chi connectivity index (χ1n) is 6.99. The van der Waals surface area contributed by atoms with Gasteiger partial charge < -0.3 is 10.1 Å². The van der Waals surface area contributed by atoms with Gasteiger partial charge in [0.15, 0.2) is 0 Å². The Morgan fingerprint density at radius 2 is 1.95 bits per heavy atom. The molecule has 0 bridgehead atoms. The Morgan fingerprint density at radius 3 is 2.48 bits per heavy atom. The molecular weight excluding hydrogens is 279 g/mol. The van der Waals surface area contributed by atoms with Gasteiger partial charge in [-0.25, -0.2) is 0 Å². The molecule has 5 heteroatoms. The molecule has 0 radical (unpaired) electrons. The van der Waals surface area contributed by atoms with Gasteiger partial charge in [0.2, 0.25) is 0 Å². The van der Waals surface area contributed by atoms with E-state index in [0.717, 1.165) is 31.4 Å². The second kappa shape index (κ2) is 8.58. The maximum absolute atomic E-state index is 12.1. The van der Waals surface area contributed by atoms with Gasteiger partial charge >= 0.3 is 6.36 Å². The highest BCUT2D eigenvalue weighted by molar-refractivity contribution is 5.29. The number of benzene rings is 1. The molecule has 0 saturated heterocycles. The largest absolute Gasteiger partial charge is 0.573 e. The molecule has 1 aromatic rings. The van der Waals surface area contributed by atoms with Crippen LogP contribution in [0.25, 0.3) is 0 Å². The summed E-state index contributed by atoms with van der Waals surface area (Å²) in [6.07, 6.45) is 3.99. The van der Waals surface area contributed by atoms with Gasteiger partial charge in [-0.15, -0.1) is 25.5 Å². The second-order valence-electron chi connectivity index (χ2n) is 4.72. The number of terminal acetylenes is 1. The number of halogens is 3. The van der Waals surface area contributed by atoms with Crippen molar-refractivity contribution in [2.45, 2.75) is 45.0 Å². The normalized spacial score (nSPS) is 12.7. The van der Waals surface area contributed by atoms with Crippen LogP contribution >= 0.6 is 0 Å². The zero-order valence-corrected chi connectivity index (χ0v) is 12.0. The van der Waals surface area contributed by atoms with E-state index in [-0.39, 0.29) is 11.8 Å². The van der Waals surface area contributed by atoms with E-state index < -0.39 is 6.36 Å². The van der Waals surface area contributed by atoms with Crippen molar-refractivity contribution in [2.75, 3.05) is 6.54 Å². The Kier molecular flexibility index (Phi) is 7.10. The van der Waals surface area contributed by atoms with Crippen LogP contribution in [0.2, 0.25) is 0 Å². The summed E-state index contributed by atoms with van der Waals surface area (Å²) < 4.78 is 40.2. The minimum Gasteiger partial charge on any atom is -0.406 e. The molecule has 21 heavy (non-hydrogen) atoms. The van der Waals surface area contributed by atoms with Crippen LogP contribution in [-0.2, 0) is 0 Å². The van der Waals surface area contributed by atoms with Gasteiger partial charge in [-0.05, 0) is 43.5 Å². The molecular formula is C16H20F3NO. The Bertz CT molecular complexity index is 448. The number of alkyl halides is 3. The van der Waals surface area contributed by atoms with E-state index in [4.69, 9.17) is 6.42 Å². The van der Waals surface area contributed by atoms with Crippen molar-refractivity contribution in [2.24, 2.45) is 0 Å². The lowest BCUT2D eigenvalue weighted by molar-refractivity contribution is -0.274.